The number of carbonyl (C=O) groups excluding carboxylic acids is 1. The second-order valence-corrected chi connectivity index (χ2v) is 8.23. The van der Waals surface area contributed by atoms with Crippen LogP contribution in [0.15, 0.2) is 23.1 Å². The van der Waals surface area contributed by atoms with Gasteiger partial charge in [0, 0.05) is 18.4 Å². The third-order valence-corrected chi connectivity index (χ3v) is 4.40. The van der Waals surface area contributed by atoms with E-state index < -0.39 is 25.8 Å². The van der Waals surface area contributed by atoms with Gasteiger partial charge in [-0.3, -0.25) is 4.79 Å². The molecule has 0 aliphatic rings. The van der Waals surface area contributed by atoms with Gasteiger partial charge in [0.2, 0.25) is 10.0 Å². The molecule has 0 saturated heterocycles. The Labute approximate surface area is 118 Å². The number of sulfonamides is 1. The maximum Gasteiger partial charge on any atom is 0.251 e. The van der Waals surface area contributed by atoms with Crippen molar-refractivity contribution in [3.63, 3.8) is 0 Å². The summed E-state index contributed by atoms with van der Waals surface area (Å²) in [5, 5.41) is 7.42. The lowest BCUT2D eigenvalue weighted by atomic mass is 10.1. The molecule has 0 unspecified atom stereocenters. The summed E-state index contributed by atoms with van der Waals surface area (Å²) in [7, 11) is -7.07. The van der Waals surface area contributed by atoms with Crippen molar-refractivity contribution in [1.82, 2.24) is 5.32 Å². The second kappa shape index (κ2) is 5.90. The van der Waals surface area contributed by atoms with E-state index in [1.807, 2.05) is 0 Å². The first-order chi connectivity index (χ1) is 9.00. The Morgan fingerprint density at radius 1 is 1.25 bits per heavy atom. The molecule has 0 heterocycles. The number of nitrogens with one attached hydrogen (secondary N) is 1. The van der Waals surface area contributed by atoms with E-state index >= 15 is 0 Å². The van der Waals surface area contributed by atoms with E-state index in [0.29, 0.717) is 5.56 Å². The Balaban J connectivity index is 2.93. The molecule has 0 aromatic heterocycles. The smallest absolute Gasteiger partial charge is 0.251 e. The highest BCUT2D eigenvalue weighted by atomic mass is 32.2. The minimum absolute atomic E-state index is 0.0449. The van der Waals surface area contributed by atoms with Crippen LogP contribution in [0.1, 0.15) is 15.9 Å². The van der Waals surface area contributed by atoms with Gasteiger partial charge in [-0.2, -0.15) is 0 Å². The first kappa shape index (κ1) is 16.6. The summed E-state index contributed by atoms with van der Waals surface area (Å²) in [6.07, 6.45) is 1.06. The van der Waals surface area contributed by atoms with Gasteiger partial charge in [0.05, 0.1) is 10.6 Å². The average molecular weight is 320 g/mol. The van der Waals surface area contributed by atoms with Crippen LogP contribution in [0.2, 0.25) is 0 Å². The number of sulfone groups is 1. The second-order valence-electron chi connectivity index (χ2n) is 4.41. The first-order valence-electron chi connectivity index (χ1n) is 5.60. The Hall–Kier alpha value is -1.45. The van der Waals surface area contributed by atoms with Crippen molar-refractivity contribution in [2.24, 2.45) is 5.14 Å². The van der Waals surface area contributed by atoms with Crippen LogP contribution in [0.5, 0.6) is 0 Å². The molecule has 7 nitrogen and oxygen atoms in total. The van der Waals surface area contributed by atoms with Crippen molar-refractivity contribution < 1.29 is 21.6 Å². The molecule has 0 saturated carbocycles. The molecule has 0 spiro atoms. The highest BCUT2D eigenvalue weighted by Crippen LogP contribution is 2.14. The molecule has 0 fully saturated rings. The van der Waals surface area contributed by atoms with Crippen LogP contribution in [0.4, 0.5) is 0 Å². The van der Waals surface area contributed by atoms with Gasteiger partial charge in [-0.1, -0.05) is 6.07 Å². The summed E-state index contributed by atoms with van der Waals surface area (Å²) < 4.78 is 44.4. The highest BCUT2D eigenvalue weighted by Gasteiger charge is 2.15. The van der Waals surface area contributed by atoms with Crippen LogP contribution in [-0.4, -0.2) is 41.3 Å². The molecule has 3 N–H and O–H groups in total. The van der Waals surface area contributed by atoms with E-state index in [9.17, 15) is 21.6 Å². The van der Waals surface area contributed by atoms with Crippen molar-refractivity contribution in [3.05, 3.63) is 29.3 Å². The van der Waals surface area contributed by atoms with Gasteiger partial charge in [-0.25, -0.2) is 22.0 Å². The SMILES string of the molecule is Cc1ccc(S(N)(=O)=O)cc1C(=O)NCCS(C)(=O)=O. The van der Waals surface area contributed by atoms with Crippen LogP contribution in [0, 0.1) is 6.92 Å². The zero-order valence-corrected chi connectivity index (χ0v) is 12.7. The monoisotopic (exact) mass is 320 g/mol. The third kappa shape index (κ3) is 4.91. The van der Waals surface area contributed by atoms with Gasteiger partial charge < -0.3 is 5.32 Å². The van der Waals surface area contributed by atoms with E-state index in [4.69, 9.17) is 5.14 Å². The van der Waals surface area contributed by atoms with Crippen LogP contribution in [0.25, 0.3) is 0 Å². The summed E-state index contributed by atoms with van der Waals surface area (Å²) in [5.41, 5.74) is 0.708. The fourth-order valence-electron chi connectivity index (χ4n) is 1.47. The zero-order valence-electron chi connectivity index (χ0n) is 11.1. The lowest BCUT2D eigenvalue weighted by Crippen LogP contribution is -2.29. The largest absolute Gasteiger partial charge is 0.351 e. The predicted octanol–water partition coefficient (Wildman–Crippen LogP) is -0.583. The minimum Gasteiger partial charge on any atom is -0.351 e. The average Bonchev–Trinajstić information content (AvgIpc) is 2.25. The quantitative estimate of drug-likeness (QED) is 0.751. The molecule has 0 aliphatic carbocycles. The normalized spacial score (nSPS) is 12.2. The van der Waals surface area contributed by atoms with Crippen LogP contribution >= 0.6 is 0 Å². The van der Waals surface area contributed by atoms with E-state index in [2.05, 4.69) is 5.32 Å². The maximum absolute atomic E-state index is 11.9. The Morgan fingerprint density at radius 3 is 2.35 bits per heavy atom. The van der Waals surface area contributed by atoms with Crippen molar-refractivity contribution in [3.8, 4) is 0 Å². The topological polar surface area (TPSA) is 123 Å². The lowest BCUT2D eigenvalue weighted by Gasteiger charge is -2.08. The molecule has 9 heteroatoms. The van der Waals surface area contributed by atoms with E-state index in [-0.39, 0.29) is 22.8 Å². The van der Waals surface area contributed by atoms with Crippen LogP contribution in [-0.2, 0) is 19.9 Å². The van der Waals surface area contributed by atoms with Crippen molar-refractivity contribution in [1.29, 1.82) is 0 Å². The molecule has 1 aromatic carbocycles. The Bertz CT molecular complexity index is 723. The zero-order chi connectivity index (χ0) is 15.6. The van der Waals surface area contributed by atoms with Gasteiger partial charge in [-0.15, -0.1) is 0 Å². The molecule has 0 bridgehead atoms. The van der Waals surface area contributed by atoms with Crippen LogP contribution in [0.3, 0.4) is 0 Å². The van der Waals surface area contributed by atoms with Crippen molar-refractivity contribution in [2.45, 2.75) is 11.8 Å². The van der Waals surface area contributed by atoms with Crippen molar-refractivity contribution >= 4 is 25.8 Å². The van der Waals surface area contributed by atoms with Crippen molar-refractivity contribution in [2.75, 3.05) is 18.6 Å². The Kier molecular flexibility index (Phi) is 4.90. The number of hydrogen-bond donors (Lipinski definition) is 2. The van der Waals surface area contributed by atoms with Gasteiger partial charge in [0.15, 0.2) is 0 Å². The fourth-order valence-corrected chi connectivity index (χ4v) is 2.48. The molecule has 0 radical (unpaired) electrons. The molecule has 0 aliphatic heterocycles. The summed E-state index contributed by atoms with van der Waals surface area (Å²) in [6, 6.07) is 3.93. The summed E-state index contributed by atoms with van der Waals surface area (Å²) in [5.74, 6) is -0.733. The first-order valence-corrected chi connectivity index (χ1v) is 9.21. The van der Waals surface area contributed by atoms with E-state index in [1.165, 1.54) is 18.2 Å². The van der Waals surface area contributed by atoms with Crippen LogP contribution < -0.4 is 10.5 Å². The summed E-state index contributed by atoms with van der Waals surface area (Å²) >= 11 is 0. The number of rotatable bonds is 5. The Morgan fingerprint density at radius 2 is 1.85 bits per heavy atom. The summed E-state index contributed by atoms with van der Waals surface area (Å²) in [6.45, 7) is 1.59. The summed E-state index contributed by atoms with van der Waals surface area (Å²) in [4.78, 5) is 11.7. The molecule has 20 heavy (non-hydrogen) atoms. The molecule has 1 aromatic rings. The van der Waals surface area contributed by atoms with Gasteiger partial charge >= 0.3 is 0 Å². The van der Waals surface area contributed by atoms with Gasteiger partial charge in [0.25, 0.3) is 5.91 Å². The molecule has 1 amide bonds. The lowest BCUT2D eigenvalue weighted by molar-refractivity contribution is 0.0955. The third-order valence-electron chi connectivity index (χ3n) is 2.54. The fraction of sp³-hybridized carbons (Fsp3) is 0.364. The molecule has 112 valence electrons. The number of hydrogen-bond acceptors (Lipinski definition) is 5. The maximum atomic E-state index is 11.9. The van der Waals surface area contributed by atoms with Gasteiger partial charge in [-0.05, 0) is 24.6 Å². The highest BCUT2D eigenvalue weighted by molar-refractivity contribution is 7.90. The standard InChI is InChI=1S/C11H16N2O5S2/c1-8-3-4-9(20(12,17)18)7-10(8)11(14)13-5-6-19(2,15)16/h3-4,7H,5-6H2,1-2H3,(H,13,14)(H2,12,17,18). The predicted molar refractivity (Wildman–Crippen MR) is 74.6 cm³/mol. The molecular weight excluding hydrogens is 304 g/mol. The number of amides is 1. The minimum atomic E-state index is -3.90. The molecule has 0 atom stereocenters. The molecular formula is C11H16N2O5S2. The number of nitrogens with two attached hydrogens (primary N) is 1. The number of aryl methyl sites for hydroxylation is 1. The number of carbonyl (C=O) groups is 1. The van der Waals surface area contributed by atoms with Gasteiger partial charge in [0.1, 0.15) is 9.84 Å². The number of primary sulfonamides is 1. The number of benzene rings is 1. The van der Waals surface area contributed by atoms with E-state index in [0.717, 1.165) is 6.26 Å². The van der Waals surface area contributed by atoms with E-state index in [1.54, 1.807) is 6.92 Å². The molecule has 1 rings (SSSR count).